The van der Waals surface area contributed by atoms with Crippen LogP contribution in [0.4, 0.5) is 0 Å². The van der Waals surface area contributed by atoms with Gasteiger partial charge in [-0.15, -0.1) is 0 Å². The van der Waals surface area contributed by atoms with Gasteiger partial charge in [0.2, 0.25) is 5.91 Å². The molecule has 6 heteroatoms. The number of carboxylic acids is 1. The van der Waals surface area contributed by atoms with Crippen molar-refractivity contribution in [2.24, 2.45) is 5.41 Å². The molecule has 3 N–H and O–H groups in total. The molecule has 1 fully saturated rings. The van der Waals surface area contributed by atoms with Gasteiger partial charge in [-0.25, -0.2) is 4.98 Å². The monoisotopic (exact) mass is 223 g/mol. The van der Waals surface area contributed by atoms with Gasteiger partial charge in [-0.3, -0.25) is 9.59 Å². The molecule has 16 heavy (non-hydrogen) atoms. The molecule has 0 saturated heterocycles. The molecule has 0 unspecified atom stereocenters. The van der Waals surface area contributed by atoms with Crippen LogP contribution in [0.5, 0.6) is 0 Å². The third kappa shape index (κ3) is 1.91. The molecule has 1 saturated carbocycles. The molecule has 1 amide bonds. The van der Waals surface area contributed by atoms with Crippen LogP contribution in [0.1, 0.15) is 18.7 Å². The van der Waals surface area contributed by atoms with Crippen LogP contribution in [0.15, 0.2) is 12.4 Å². The number of hydrogen-bond donors (Lipinski definition) is 3. The molecule has 0 radical (unpaired) electrons. The average Bonchev–Trinajstić information content (AvgIpc) is 2.92. The van der Waals surface area contributed by atoms with Gasteiger partial charge in [-0.2, -0.15) is 0 Å². The highest BCUT2D eigenvalue weighted by molar-refractivity contribution is 6.04. The Morgan fingerprint density at radius 2 is 2.31 bits per heavy atom. The molecule has 1 aromatic heterocycles. The van der Waals surface area contributed by atoms with Crippen LogP contribution in [0.2, 0.25) is 0 Å². The number of carbonyl (C=O) groups is 2. The first-order chi connectivity index (χ1) is 7.65. The van der Waals surface area contributed by atoms with Crippen LogP contribution in [0.3, 0.4) is 0 Å². The van der Waals surface area contributed by atoms with Gasteiger partial charge in [0.15, 0.2) is 0 Å². The Labute approximate surface area is 92.1 Å². The minimum absolute atomic E-state index is 0.383. The highest BCUT2D eigenvalue weighted by Crippen LogP contribution is 2.45. The van der Waals surface area contributed by atoms with Crippen molar-refractivity contribution >= 4 is 11.9 Å². The number of aromatic amines is 1. The van der Waals surface area contributed by atoms with Gasteiger partial charge in [0.1, 0.15) is 11.2 Å². The van der Waals surface area contributed by atoms with Crippen molar-refractivity contribution in [2.45, 2.75) is 19.3 Å². The number of rotatable bonds is 5. The van der Waals surface area contributed by atoms with Crippen LogP contribution in [-0.2, 0) is 16.0 Å². The maximum absolute atomic E-state index is 11.6. The molecule has 1 aliphatic rings. The van der Waals surface area contributed by atoms with E-state index in [-0.39, 0.29) is 5.91 Å². The molecule has 1 aromatic rings. The molecule has 0 spiro atoms. The summed E-state index contributed by atoms with van der Waals surface area (Å²) < 4.78 is 0. The fraction of sp³-hybridized carbons (Fsp3) is 0.500. The Hall–Kier alpha value is -1.85. The zero-order valence-electron chi connectivity index (χ0n) is 8.69. The number of H-pyrrole nitrogens is 1. The first kappa shape index (κ1) is 10.7. The average molecular weight is 223 g/mol. The summed E-state index contributed by atoms with van der Waals surface area (Å²) in [5, 5.41) is 11.5. The van der Waals surface area contributed by atoms with Crippen molar-refractivity contribution in [1.82, 2.24) is 15.3 Å². The molecule has 0 aromatic carbocycles. The van der Waals surface area contributed by atoms with Crippen molar-refractivity contribution in [3.05, 3.63) is 18.2 Å². The molecule has 0 aliphatic heterocycles. The number of nitrogens with one attached hydrogen (secondary N) is 2. The Morgan fingerprint density at radius 1 is 1.56 bits per heavy atom. The number of hydrogen-bond acceptors (Lipinski definition) is 3. The predicted octanol–water partition coefficient (Wildman–Crippen LogP) is -0.0668. The lowest BCUT2D eigenvalue weighted by atomic mass is 10.1. The minimum Gasteiger partial charge on any atom is -0.480 e. The Kier molecular flexibility index (Phi) is 2.64. The van der Waals surface area contributed by atoms with Crippen LogP contribution < -0.4 is 5.32 Å². The number of amides is 1. The van der Waals surface area contributed by atoms with Gasteiger partial charge in [-0.05, 0) is 12.8 Å². The molecule has 6 nitrogen and oxygen atoms in total. The summed E-state index contributed by atoms with van der Waals surface area (Å²) in [7, 11) is 0. The van der Waals surface area contributed by atoms with E-state index in [0.717, 1.165) is 5.82 Å². The van der Waals surface area contributed by atoms with Crippen LogP contribution in [-0.4, -0.2) is 33.5 Å². The fourth-order valence-corrected chi connectivity index (χ4v) is 1.56. The first-order valence-corrected chi connectivity index (χ1v) is 5.15. The van der Waals surface area contributed by atoms with E-state index in [1.807, 2.05) is 0 Å². The third-order valence-electron chi connectivity index (χ3n) is 2.80. The van der Waals surface area contributed by atoms with Gasteiger partial charge < -0.3 is 15.4 Å². The van der Waals surface area contributed by atoms with E-state index in [2.05, 4.69) is 15.3 Å². The van der Waals surface area contributed by atoms with Gasteiger partial charge in [-0.1, -0.05) is 0 Å². The van der Waals surface area contributed by atoms with E-state index in [9.17, 15) is 9.59 Å². The van der Waals surface area contributed by atoms with E-state index in [0.29, 0.717) is 25.8 Å². The highest BCUT2D eigenvalue weighted by atomic mass is 16.4. The van der Waals surface area contributed by atoms with Crippen LogP contribution in [0, 0.1) is 5.41 Å². The lowest BCUT2D eigenvalue weighted by Gasteiger charge is -2.09. The van der Waals surface area contributed by atoms with Crippen molar-refractivity contribution in [1.29, 1.82) is 0 Å². The van der Waals surface area contributed by atoms with E-state index in [1.165, 1.54) is 0 Å². The summed E-state index contributed by atoms with van der Waals surface area (Å²) in [5.74, 6) is -0.630. The standard InChI is InChI=1S/C10H13N3O3/c14-8(10(2-3-10)9(15)16)13-4-1-7-11-5-6-12-7/h5-6H,1-4H2,(H,11,12)(H,13,14)(H,15,16). The molecule has 86 valence electrons. The first-order valence-electron chi connectivity index (χ1n) is 5.15. The number of carboxylic acid groups (broad SMARTS) is 1. The quantitative estimate of drug-likeness (QED) is 0.609. The number of aliphatic carboxylic acids is 1. The fourth-order valence-electron chi connectivity index (χ4n) is 1.56. The minimum atomic E-state index is -1.15. The molecule has 1 aliphatic carbocycles. The molecular formula is C10H13N3O3. The van der Waals surface area contributed by atoms with Crippen LogP contribution in [0.25, 0.3) is 0 Å². The highest BCUT2D eigenvalue weighted by Gasteiger charge is 2.56. The largest absolute Gasteiger partial charge is 0.480 e. The van der Waals surface area contributed by atoms with Crippen molar-refractivity contribution in [2.75, 3.05) is 6.54 Å². The lowest BCUT2D eigenvalue weighted by molar-refractivity contribution is -0.149. The normalized spacial score (nSPS) is 16.8. The SMILES string of the molecule is O=C(O)C1(C(=O)NCCc2ncc[nH]2)CC1. The van der Waals surface area contributed by atoms with E-state index in [4.69, 9.17) is 5.11 Å². The number of imidazole rings is 1. The second kappa shape index (κ2) is 3.96. The Balaban J connectivity index is 1.79. The second-order valence-corrected chi connectivity index (χ2v) is 3.93. The zero-order chi connectivity index (χ0) is 11.6. The van der Waals surface area contributed by atoms with Gasteiger partial charge in [0.05, 0.1) is 0 Å². The Morgan fingerprint density at radius 3 is 2.81 bits per heavy atom. The lowest BCUT2D eigenvalue weighted by Crippen LogP contribution is -2.38. The third-order valence-corrected chi connectivity index (χ3v) is 2.80. The zero-order valence-corrected chi connectivity index (χ0v) is 8.69. The number of carbonyl (C=O) groups excluding carboxylic acids is 1. The van der Waals surface area contributed by atoms with Gasteiger partial charge in [0.25, 0.3) is 0 Å². The molecule has 2 rings (SSSR count). The number of aromatic nitrogens is 2. The summed E-state index contributed by atoms with van der Waals surface area (Å²) >= 11 is 0. The van der Waals surface area contributed by atoms with Gasteiger partial charge >= 0.3 is 5.97 Å². The summed E-state index contributed by atoms with van der Waals surface area (Å²) in [6.07, 6.45) is 4.80. The summed E-state index contributed by atoms with van der Waals surface area (Å²) in [6, 6.07) is 0. The van der Waals surface area contributed by atoms with Crippen molar-refractivity contribution in [3.63, 3.8) is 0 Å². The van der Waals surface area contributed by atoms with Gasteiger partial charge in [0, 0.05) is 25.4 Å². The summed E-state index contributed by atoms with van der Waals surface area (Å²) in [4.78, 5) is 29.3. The second-order valence-electron chi connectivity index (χ2n) is 3.93. The smallest absolute Gasteiger partial charge is 0.319 e. The maximum Gasteiger partial charge on any atom is 0.319 e. The van der Waals surface area contributed by atoms with E-state index >= 15 is 0 Å². The summed E-state index contributed by atoms with van der Waals surface area (Å²) in [5.41, 5.74) is -1.15. The summed E-state index contributed by atoms with van der Waals surface area (Å²) in [6.45, 7) is 0.404. The van der Waals surface area contributed by atoms with Crippen molar-refractivity contribution < 1.29 is 14.7 Å². The van der Waals surface area contributed by atoms with Crippen molar-refractivity contribution in [3.8, 4) is 0 Å². The molecule has 0 atom stereocenters. The van der Waals surface area contributed by atoms with E-state index < -0.39 is 11.4 Å². The maximum atomic E-state index is 11.6. The molecular weight excluding hydrogens is 210 g/mol. The topological polar surface area (TPSA) is 95.1 Å². The van der Waals surface area contributed by atoms with E-state index in [1.54, 1.807) is 12.4 Å². The molecule has 1 heterocycles. The molecule has 0 bridgehead atoms. The Bertz CT molecular complexity index is 395. The predicted molar refractivity (Wildman–Crippen MR) is 54.6 cm³/mol. The van der Waals surface area contributed by atoms with Crippen LogP contribution >= 0.6 is 0 Å². The number of nitrogens with zero attached hydrogens (tertiary/aromatic N) is 1.